The Hall–Kier alpha value is -2.34. The van der Waals surface area contributed by atoms with Crippen molar-refractivity contribution in [2.45, 2.75) is 46.0 Å². The van der Waals surface area contributed by atoms with E-state index in [2.05, 4.69) is 42.0 Å². The van der Waals surface area contributed by atoms with Crippen LogP contribution in [0.15, 0.2) is 46.9 Å². The van der Waals surface area contributed by atoms with Gasteiger partial charge in [-0.3, -0.25) is 9.59 Å². The molecular formula is C25H31BrN2O3. The van der Waals surface area contributed by atoms with E-state index in [9.17, 15) is 9.59 Å². The standard InChI is InChI=1S/C25H31BrN2O3/c1-4-18(3)20-7-10-23(22(26)15-20)31-16-24(29)27-21-8-5-19(6-9-21)25(30)28-13-11-17(2)12-14-28/h5-10,15,17-18H,4,11-14,16H2,1-3H3,(H,27,29). The van der Waals surface area contributed by atoms with Crippen LogP contribution in [0.2, 0.25) is 0 Å². The lowest BCUT2D eigenvalue weighted by Crippen LogP contribution is -2.37. The van der Waals surface area contributed by atoms with Crippen LogP contribution in [0.25, 0.3) is 0 Å². The number of nitrogens with one attached hydrogen (secondary N) is 1. The zero-order chi connectivity index (χ0) is 22.4. The van der Waals surface area contributed by atoms with E-state index in [1.54, 1.807) is 24.3 Å². The van der Waals surface area contributed by atoms with E-state index in [1.807, 2.05) is 23.1 Å². The predicted molar refractivity (Wildman–Crippen MR) is 128 cm³/mol. The summed E-state index contributed by atoms with van der Waals surface area (Å²) >= 11 is 3.53. The summed E-state index contributed by atoms with van der Waals surface area (Å²) in [7, 11) is 0. The third-order valence-electron chi connectivity index (χ3n) is 5.98. The van der Waals surface area contributed by atoms with Crippen molar-refractivity contribution < 1.29 is 14.3 Å². The molecule has 1 aliphatic rings. The number of halogens is 1. The molecule has 0 radical (unpaired) electrons. The van der Waals surface area contributed by atoms with Crippen molar-refractivity contribution in [1.29, 1.82) is 0 Å². The highest BCUT2D eigenvalue weighted by Crippen LogP contribution is 2.30. The molecule has 0 saturated carbocycles. The number of benzene rings is 2. The van der Waals surface area contributed by atoms with Crippen molar-refractivity contribution in [3.63, 3.8) is 0 Å². The molecule has 1 heterocycles. The van der Waals surface area contributed by atoms with Crippen molar-refractivity contribution in [3.8, 4) is 5.75 Å². The number of anilines is 1. The highest BCUT2D eigenvalue weighted by Gasteiger charge is 2.21. The molecule has 0 spiro atoms. The number of rotatable bonds is 7. The van der Waals surface area contributed by atoms with Gasteiger partial charge in [0.2, 0.25) is 0 Å². The molecule has 6 heteroatoms. The van der Waals surface area contributed by atoms with Crippen molar-refractivity contribution in [1.82, 2.24) is 4.90 Å². The molecule has 166 valence electrons. The third-order valence-corrected chi connectivity index (χ3v) is 6.60. The van der Waals surface area contributed by atoms with Gasteiger partial charge in [0.15, 0.2) is 6.61 Å². The molecule has 5 nitrogen and oxygen atoms in total. The van der Waals surface area contributed by atoms with Crippen molar-refractivity contribution >= 4 is 33.4 Å². The molecular weight excluding hydrogens is 456 g/mol. The lowest BCUT2D eigenvalue weighted by molar-refractivity contribution is -0.118. The van der Waals surface area contributed by atoms with Gasteiger partial charge in [0.25, 0.3) is 11.8 Å². The largest absolute Gasteiger partial charge is 0.483 e. The predicted octanol–water partition coefficient (Wildman–Crippen LogP) is 5.85. The van der Waals surface area contributed by atoms with E-state index in [0.717, 1.165) is 36.8 Å². The van der Waals surface area contributed by atoms with Gasteiger partial charge in [-0.1, -0.05) is 26.8 Å². The fourth-order valence-corrected chi connectivity index (χ4v) is 4.12. The molecule has 1 aliphatic heterocycles. The number of carbonyl (C=O) groups excluding carboxylic acids is 2. The molecule has 0 bridgehead atoms. The number of hydrogen-bond donors (Lipinski definition) is 1. The molecule has 0 aromatic heterocycles. The minimum atomic E-state index is -0.248. The van der Waals surface area contributed by atoms with Crippen molar-refractivity contribution in [2.75, 3.05) is 25.0 Å². The van der Waals surface area contributed by atoms with Gasteiger partial charge in [-0.25, -0.2) is 0 Å². The molecule has 1 N–H and O–H groups in total. The summed E-state index contributed by atoms with van der Waals surface area (Å²) in [6, 6.07) is 13.0. The van der Waals surface area contributed by atoms with Crippen LogP contribution in [-0.2, 0) is 4.79 Å². The fraction of sp³-hybridized carbons (Fsp3) is 0.440. The first kappa shape index (κ1) is 23.3. The van der Waals surface area contributed by atoms with Crippen molar-refractivity contribution in [2.24, 2.45) is 5.92 Å². The Bertz CT molecular complexity index is 905. The summed E-state index contributed by atoms with van der Waals surface area (Å²) in [6.07, 6.45) is 3.17. The van der Waals surface area contributed by atoms with E-state index < -0.39 is 0 Å². The summed E-state index contributed by atoms with van der Waals surface area (Å²) < 4.78 is 6.51. The summed E-state index contributed by atoms with van der Waals surface area (Å²) in [6.45, 7) is 8.09. The fourth-order valence-electron chi connectivity index (χ4n) is 3.61. The molecule has 2 aromatic carbocycles. The minimum absolute atomic E-state index is 0.0544. The maximum atomic E-state index is 12.6. The van der Waals surface area contributed by atoms with Crippen LogP contribution in [0.5, 0.6) is 5.75 Å². The topological polar surface area (TPSA) is 58.6 Å². The average Bonchev–Trinajstić information content (AvgIpc) is 2.78. The molecule has 3 rings (SSSR count). The summed E-state index contributed by atoms with van der Waals surface area (Å²) in [4.78, 5) is 26.8. The quantitative estimate of drug-likeness (QED) is 0.533. The number of carbonyl (C=O) groups is 2. The maximum Gasteiger partial charge on any atom is 0.262 e. The maximum absolute atomic E-state index is 12.6. The number of nitrogens with zero attached hydrogens (tertiary/aromatic N) is 1. The van der Waals surface area contributed by atoms with Gasteiger partial charge >= 0.3 is 0 Å². The monoisotopic (exact) mass is 486 g/mol. The second kappa shape index (κ2) is 10.8. The molecule has 31 heavy (non-hydrogen) atoms. The van der Waals surface area contributed by atoms with Gasteiger partial charge in [-0.05, 0) is 89.0 Å². The Morgan fingerprint density at radius 1 is 1.16 bits per heavy atom. The average molecular weight is 487 g/mol. The Kier molecular flexibility index (Phi) is 8.13. The van der Waals surface area contributed by atoms with Crippen LogP contribution >= 0.6 is 15.9 Å². The van der Waals surface area contributed by atoms with Gasteiger partial charge in [-0.15, -0.1) is 0 Å². The third kappa shape index (κ3) is 6.33. The number of piperidine rings is 1. The van der Waals surface area contributed by atoms with Crippen LogP contribution in [0.1, 0.15) is 61.9 Å². The number of ether oxygens (including phenoxy) is 1. The zero-order valence-electron chi connectivity index (χ0n) is 18.5. The Morgan fingerprint density at radius 3 is 2.45 bits per heavy atom. The normalized spacial score (nSPS) is 15.4. The highest BCUT2D eigenvalue weighted by atomic mass is 79.9. The second-order valence-electron chi connectivity index (χ2n) is 8.39. The molecule has 2 aromatic rings. The van der Waals surface area contributed by atoms with E-state index in [4.69, 9.17) is 4.74 Å². The van der Waals surface area contributed by atoms with Crippen molar-refractivity contribution in [3.05, 3.63) is 58.1 Å². The van der Waals surface area contributed by atoms with E-state index in [0.29, 0.717) is 28.8 Å². The highest BCUT2D eigenvalue weighted by molar-refractivity contribution is 9.10. The molecule has 1 atom stereocenters. The van der Waals surface area contributed by atoms with Crippen LogP contribution in [0.4, 0.5) is 5.69 Å². The number of hydrogen-bond acceptors (Lipinski definition) is 3. The first-order chi connectivity index (χ1) is 14.9. The van der Waals surface area contributed by atoms with Gasteiger partial charge < -0.3 is 15.0 Å². The summed E-state index contributed by atoms with van der Waals surface area (Å²) in [5, 5.41) is 2.82. The first-order valence-corrected chi connectivity index (χ1v) is 11.8. The van der Waals surface area contributed by atoms with E-state index in [-0.39, 0.29) is 18.4 Å². The van der Waals surface area contributed by atoms with Crippen LogP contribution < -0.4 is 10.1 Å². The number of amides is 2. The first-order valence-electron chi connectivity index (χ1n) is 11.0. The molecule has 2 amide bonds. The Balaban J connectivity index is 1.51. The Labute approximate surface area is 193 Å². The van der Waals surface area contributed by atoms with E-state index in [1.165, 1.54) is 5.56 Å². The lowest BCUT2D eigenvalue weighted by atomic mass is 9.98. The lowest BCUT2D eigenvalue weighted by Gasteiger charge is -2.30. The van der Waals surface area contributed by atoms with E-state index >= 15 is 0 Å². The number of likely N-dealkylation sites (tertiary alicyclic amines) is 1. The van der Waals surface area contributed by atoms with Crippen LogP contribution in [-0.4, -0.2) is 36.4 Å². The van der Waals surface area contributed by atoms with Crippen LogP contribution in [0.3, 0.4) is 0 Å². The SMILES string of the molecule is CCC(C)c1ccc(OCC(=O)Nc2ccc(C(=O)N3CCC(C)CC3)cc2)c(Br)c1. The molecule has 0 aliphatic carbocycles. The molecule has 1 fully saturated rings. The van der Waals surface area contributed by atoms with Crippen LogP contribution in [0, 0.1) is 5.92 Å². The molecule has 1 saturated heterocycles. The summed E-state index contributed by atoms with van der Waals surface area (Å²) in [5.74, 6) is 1.60. The smallest absolute Gasteiger partial charge is 0.262 e. The van der Waals surface area contributed by atoms with Gasteiger partial charge in [0, 0.05) is 24.3 Å². The van der Waals surface area contributed by atoms with Gasteiger partial charge in [0.1, 0.15) is 5.75 Å². The van der Waals surface area contributed by atoms with Gasteiger partial charge in [-0.2, -0.15) is 0 Å². The Morgan fingerprint density at radius 2 is 1.84 bits per heavy atom. The zero-order valence-corrected chi connectivity index (χ0v) is 20.1. The summed E-state index contributed by atoms with van der Waals surface area (Å²) in [5.41, 5.74) is 2.53. The second-order valence-corrected chi connectivity index (χ2v) is 9.24. The van der Waals surface area contributed by atoms with Gasteiger partial charge in [0.05, 0.1) is 4.47 Å². The molecule has 1 unspecified atom stereocenters. The minimum Gasteiger partial charge on any atom is -0.483 e.